The fourth-order valence-electron chi connectivity index (χ4n) is 1.94. The molecule has 0 bridgehead atoms. The number of nitrogens with one attached hydrogen (secondary N) is 1. The predicted molar refractivity (Wildman–Crippen MR) is 89.0 cm³/mol. The molecule has 0 aliphatic rings. The number of hydrogen-bond donors (Lipinski definition) is 1. The lowest BCUT2D eigenvalue weighted by Gasteiger charge is -2.08. The number of ether oxygens (including phenoxy) is 2. The third-order valence-electron chi connectivity index (χ3n) is 3.25. The molecule has 1 aromatic carbocycles. The van der Waals surface area contributed by atoms with E-state index in [0.717, 1.165) is 28.3 Å². The molecule has 1 N–H and O–H groups in total. The van der Waals surface area contributed by atoms with E-state index in [9.17, 15) is 9.59 Å². The van der Waals surface area contributed by atoms with Crippen molar-refractivity contribution < 1.29 is 14.3 Å². The molecule has 2 rings (SSSR count). The number of benzene rings is 1. The summed E-state index contributed by atoms with van der Waals surface area (Å²) < 4.78 is 11.9. The standard InChI is InChI=1S/C16H20N2O4S/c1-12-11-23-16(20)18(12)10-15(19)17-9-13-3-5-14(6-4-13)22-8-7-21-2/h3-6,11H,7-10H2,1-2H3,(H,17,19). The number of aryl methyl sites for hydroxylation is 1. The average Bonchev–Trinajstić information content (AvgIpc) is 2.86. The Bertz CT molecular complexity index is 691. The molecule has 0 radical (unpaired) electrons. The van der Waals surface area contributed by atoms with Gasteiger partial charge in [-0.05, 0) is 24.6 Å². The molecule has 1 amide bonds. The number of nitrogens with zero attached hydrogens (tertiary/aromatic N) is 1. The highest BCUT2D eigenvalue weighted by Gasteiger charge is 2.08. The van der Waals surface area contributed by atoms with Gasteiger partial charge in [0.2, 0.25) is 5.91 Å². The molecule has 124 valence electrons. The summed E-state index contributed by atoms with van der Waals surface area (Å²) in [7, 11) is 1.63. The molecule has 7 heteroatoms. The molecule has 0 spiro atoms. The average molecular weight is 336 g/mol. The number of thiazole rings is 1. The Balaban J connectivity index is 1.81. The highest BCUT2D eigenvalue weighted by molar-refractivity contribution is 7.07. The summed E-state index contributed by atoms with van der Waals surface area (Å²) in [6.07, 6.45) is 0. The van der Waals surface area contributed by atoms with Crippen molar-refractivity contribution in [2.45, 2.75) is 20.0 Å². The van der Waals surface area contributed by atoms with Gasteiger partial charge in [-0.15, -0.1) is 0 Å². The number of rotatable bonds is 8. The molecule has 0 saturated heterocycles. The summed E-state index contributed by atoms with van der Waals surface area (Å²) in [5.41, 5.74) is 1.76. The van der Waals surface area contributed by atoms with Gasteiger partial charge in [-0.2, -0.15) is 0 Å². The Hall–Kier alpha value is -2.12. The fraction of sp³-hybridized carbons (Fsp3) is 0.375. The molecular formula is C16H20N2O4S. The van der Waals surface area contributed by atoms with E-state index in [1.165, 1.54) is 4.57 Å². The molecule has 1 heterocycles. The minimum Gasteiger partial charge on any atom is -0.491 e. The summed E-state index contributed by atoms with van der Waals surface area (Å²) in [5.74, 6) is 0.576. The Morgan fingerprint density at radius 3 is 2.61 bits per heavy atom. The van der Waals surface area contributed by atoms with E-state index < -0.39 is 0 Å². The zero-order chi connectivity index (χ0) is 16.7. The van der Waals surface area contributed by atoms with E-state index in [1.807, 2.05) is 31.2 Å². The number of aromatic nitrogens is 1. The number of amides is 1. The molecule has 6 nitrogen and oxygen atoms in total. The quantitative estimate of drug-likeness (QED) is 0.743. The predicted octanol–water partition coefficient (Wildman–Crippen LogP) is 1.56. The summed E-state index contributed by atoms with van der Waals surface area (Å²) in [6.45, 7) is 3.31. The van der Waals surface area contributed by atoms with Crippen LogP contribution in [0, 0.1) is 6.92 Å². The first-order valence-electron chi connectivity index (χ1n) is 7.22. The summed E-state index contributed by atoms with van der Waals surface area (Å²) in [5, 5.41) is 4.56. The summed E-state index contributed by atoms with van der Waals surface area (Å²) >= 11 is 1.10. The van der Waals surface area contributed by atoms with Gasteiger partial charge in [0, 0.05) is 24.7 Å². The molecule has 0 aliphatic heterocycles. The molecular weight excluding hydrogens is 316 g/mol. The molecule has 23 heavy (non-hydrogen) atoms. The molecule has 0 aliphatic carbocycles. The monoisotopic (exact) mass is 336 g/mol. The van der Waals surface area contributed by atoms with Crippen LogP contribution < -0.4 is 14.9 Å². The Kier molecular flexibility index (Phi) is 6.37. The van der Waals surface area contributed by atoms with Gasteiger partial charge in [-0.3, -0.25) is 14.2 Å². The number of hydrogen-bond acceptors (Lipinski definition) is 5. The zero-order valence-electron chi connectivity index (χ0n) is 13.2. The van der Waals surface area contributed by atoms with E-state index in [2.05, 4.69) is 5.32 Å². The van der Waals surface area contributed by atoms with Crippen LogP contribution in [0.2, 0.25) is 0 Å². The summed E-state index contributed by atoms with van der Waals surface area (Å²) in [4.78, 5) is 23.4. The first-order chi connectivity index (χ1) is 11.1. The van der Waals surface area contributed by atoms with E-state index >= 15 is 0 Å². The fourth-order valence-corrected chi connectivity index (χ4v) is 2.68. The van der Waals surface area contributed by atoms with Gasteiger partial charge in [0.15, 0.2) is 0 Å². The highest BCUT2D eigenvalue weighted by Crippen LogP contribution is 2.12. The van der Waals surface area contributed by atoms with Gasteiger partial charge in [-0.25, -0.2) is 0 Å². The normalized spacial score (nSPS) is 10.5. The molecule has 0 saturated carbocycles. The van der Waals surface area contributed by atoms with Crippen LogP contribution >= 0.6 is 11.3 Å². The van der Waals surface area contributed by atoms with Crippen molar-refractivity contribution in [3.05, 3.63) is 50.6 Å². The van der Waals surface area contributed by atoms with E-state index in [1.54, 1.807) is 12.5 Å². The Morgan fingerprint density at radius 2 is 2.00 bits per heavy atom. The van der Waals surface area contributed by atoms with Crippen LogP contribution in [0.25, 0.3) is 0 Å². The largest absolute Gasteiger partial charge is 0.491 e. The van der Waals surface area contributed by atoms with Crippen LogP contribution in [0.4, 0.5) is 0 Å². The van der Waals surface area contributed by atoms with Crippen LogP contribution in [0.3, 0.4) is 0 Å². The molecule has 0 fully saturated rings. The van der Waals surface area contributed by atoms with Gasteiger partial charge < -0.3 is 14.8 Å². The maximum absolute atomic E-state index is 11.9. The minimum absolute atomic E-state index is 0.0480. The highest BCUT2D eigenvalue weighted by atomic mass is 32.1. The molecule has 2 aromatic rings. The third kappa shape index (κ3) is 5.22. The smallest absolute Gasteiger partial charge is 0.307 e. The zero-order valence-corrected chi connectivity index (χ0v) is 14.0. The van der Waals surface area contributed by atoms with Crippen molar-refractivity contribution in [3.8, 4) is 5.75 Å². The van der Waals surface area contributed by atoms with Gasteiger partial charge >= 0.3 is 4.87 Å². The first kappa shape index (κ1) is 17.2. The van der Waals surface area contributed by atoms with Crippen molar-refractivity contribution in [2.75, 3.05) is 20.3 Å². The topological polar surface area (TPSA) is 69.6 Å². The van der Waals surface area contributed by atoms with Gasteiger partial charge in [0.1, 0.15) is 18.9 Å². The van der Waals surface area contributed by atoms with Crippen LogP contribution in [-0.2, 0) is 22.6 Å². The lowest BCUT2D eigenvalue weighted by atomic mass is 10.2. The Labute approximate surface area is 138 Å². The summed E-state index contributed by atoms with van der Waals surface area (Å²) in [6, 6.07) is 7.49. The minimum atomic E-state index is -0.186. The van der Waals surface area contributed by atoms with Crippen LogP contribution in [0.1, 0.15) is 11.3 Å². The van der Waals surface area contributed by atoms with E-state index in [-0.39, 0.29) is 17.3 Å². The maximum Gasteiger partial charge on any atom is 0.307 e. The number of carbonyl (C=O) groups excluding carboxylic acids is 1. The Morgan fingerprint density at radius 1 is 1.26 bits per heavy atom. The van der Waals surface area contributed by atoms with E-state index in [4.69, 9.17) is 9.47 Å². The second kappa shape index (κ2) is 8.50. The number of carbonyl (C=O) groups is 1. The van der Waals surface area contributed by atoms with Crippen LogP contribution in [-0.4, -0.2) is 30.8 Å². The van der Waals surface area contributed by atoms with Crippen molar-refractivity contribution in [1.82, 2.24) is 9.88 Å². The van der Waals surface area contributed by atoms with E-state index in [0.29, 0.717) is 19.8 Å². The maximum atomic E-state index is 11.9. The van der Waals surface area contributed by atoms with Gasteiger partial charge in [0.05, 0.1) is 6.61 Å². The number of methoxy groups -OCH3 is 1. The molecule has 0 atom stereocenters. The van der Waals surface area contributed by atoms with Crippen LogP contribution in [0.15, 0.2) is 34.4 Å². The van der Waals surface area contributed by atoms with Crippen molar-refractivity contribution >= 4 is 17.2 Å². The second-order valence-corrected chi connectivity index (χ2v) is 5.81. The van der Waals surface area contributed by atoms with Crippen LogP contribution in [0.5, 0.6) is 5.75 Å². The lowest BCUT2D eigenvalue weighted by Crippen LogP contribution is -2.30. The van der Waals surface area contributed by atoms with Crippen molar-refractivity contribution in [1.29, 1.82) is 0 Å². The lowest BCUT2D eigenvalue weighted by molar-refractivity contribution is -0.121. The molecule has 1 aromatic heterocycles. The van der Waals surface area contributed by atoms with Gasteiger partial charge in [-0.1, -0.05) is 23.5 Å². The van der Waals surface area contributed by atoms with Crippen molar-refractivity contribution in [2.24, 2.45) is 0 Å². The first-order valence-corrected chi connectivity index (χ1v) is 8.10. The SMILES string of the molecule is COCCOc1ccc(CNC(=O)Cn2c(C)csc2=O)cc1. The molecule has 0 unspecified atom stereocenters. The van der Waals surface area contributed by atoms with Gasteiger partial charge in [0.25, 0.3) is 0 Å². The second-order valence-electron chi connectivity index (χ2n) is 4.99. The third-order valence-corrected chi connectivity index (χ3v) is 4.13. The van der Waals surface area contributed by atoms with Crippen molar-refractivity contribution in [3.63, 3.8) is 0 Å².